The van der Waals surface area contributed by atoms with E-state index in [1.165, 1.54) is 0 Å². The Labute approximate surface area is 133 Å². The van der Waals surface area contributed by atoms with Crippen molar-refractivity contribution in [1.82, 2.24) is 14.9 Å². The first-order valence-corrected chi connectivity index (χ1v) is 8.11. The fourth-order valence-corrected chi connectivity index (χ4v) is 2.87. The van der Waals surface area contributed by atoms with Crippen LogP contribution in [0.4, 0.5) is 5.82 Å². The Balaban J connectivity index is 2.37. The number of halogens is 1. The van der Waals surface area contributed by atoms with Gasteiger partial charge in [0.2, 0.25) is 0 Å². The molecule has 0 aliphatic carbocycles. The highest BCUT2D eigenvalue weighted by Gasteiger charge is 2.27. The zero-order valence-electron chi connectivity index (χ0n) is 14.1. The first-order chi connectivity index (χ1) is 9.74. The maximum Gasteiger partial charge on any atom is 0.137 e. The minimum absolute atomic E-state index is 0.0944. The minimum Gasteiger partial charge on any atom is -0.353 e. The highest BCUT2D eigenvalue weighted by Crippen LogP contribution is 2.29. The van der Waals surface area contributed by atoms with Crippen LogP contribution in [0, 0.1) is 6.92 Å². The molecule has 0 bridgehead atoms. The summed E-state index contributed by atoms with van der Waals surface area (Å²) in [5.74, 6) is 1.83. The molecule has 1 unspecified atom stereocenters. The summed E-state index contributed by atoms with van der Waals surface area (Å²) in [6, 6.07) is 0.574. The molecule has 4 nitrogen and oxygen atoms in total. The van der Waals surface area contributed by atoms with Crippen LogP contribution < -0.4 is 4.90 Å². The van der Waals surface area contributed by atoms with Gasteiger partial charge in [-0.2, -0.15) is 0 Å². The molecule has 118 valence electrons. The summed E-state index contributed by atoms with van der Waals surface area (Å²) < 4.78 is 0. The standard InChI is InChI=1S/C16H27ClN4/c1-7-12-10-21(9-8-20(12)6)14-11(2)13(17)18-15(19-14)16(3,4)5/h12H,7-10H2,1-6H3. The lowest BCUT2D eigenvalue weighted by Gasteiger charge is -2.40. The minimum atomic E-state index is -0.0944. The molecule has 0 aromatic carbocycles. The van der Waals surface area contributed by atoms with Gasteiger partial charge in [0.05, 0.1) is 0 Å². The van der Waals surface area contributed by atoms with Crippen molar-refractivity contribution in [2.75, 3.05) is 31.6 Å². The lowest BCUT2D eigenvalue weighted by atomic mass is 9.95. The molecule has 0 spiro atoms. The maximum atomic E-state index is 6.35. The van der Waals surface area contributed by atoms with Crippen molar-refractivity contribution in [2.45, 2.75) is 52.5 Å². The fraction of sp³-hybridized carbons (Fsp3) is 0.750. The highest BCUT2D eigenvalue weighted by molar-refractivity contribution is 6.30. The lowest BCUT2D eigenvalue weighted by molar-refractivity contribution is 0.212. The molecule has 0 saturated carbocycles. The molecule has 21 heavy (non-hydrogen) atoms. The lowest BCUT2D eigenvalue weighted by Crippen LogP contribution is -2.51. The molecule has 1 aliphatic rings. The Bertz CT molecular complexity index is 510. The van der Waals surface area contributed by atoms with Crippen LogP contribution in [-0.4, -0.2) is 47.6 Å². The Morgan fingerprint density at radius 2 is 1.90 bits per heavy atom. The number of piperazine rings is 1. The molecule has 1 aromatic rings. The van der Waals surface area contributed by atoms with Crippen molar-refractivity contribution in [1.29, 1.82) is 0 Å². The molecule has 1 atom stereocenters. The van der Waals surface area contributed by atoms with E-state index in [-0.39, 0.29) is 5.41 Å². The number of anilines is 1. The zero-order chi connectivity index (χ0) is 15.8. The average molecular weight is 311 g/mol. The van der Waals surface area contributed by atoms with Crippen molar-refractivity contribution < 1.29 is 0 Å². The van der Waals surface area contributed by atoms with Crippen LogP contribution in [0.15, 0.2) is 0 Å². The van der Waals surface area contributed by atoms with Crippen LogP contribution in [0.3, 0.4) is 0 Å². The van der Waals surface area contributed by atoms with Crippen molar-refractivity contribution in [3.8, 4) is 0 Å². The Morgan fingerprint density at radius 3 is 2.48 bits per heavy atom. The van der Waals surface area contributed by atoms with Gasteiger partial charge in [0, 0.05) is 36.7 Å². The van der Waals surface area contributed by atoms with Gasteiger partial charge >= 0.3 is 0 Å². The van der Waals surface area contributed by atoms with Crippen LogP contribution in [0.2, 0.25) is 5.15 Å². The second-order valence-corrected chi connectivity index (χ2v) is 7.38. The first-order valence-electron chi connectivity index (χ1n) is 7.73. The zero-order valence-corrected chi connectivity index (χ0v) is 14.8. The van der Waals surface area contributed by atoms with Crippen molar-refractivity contribution in [3.05, 3.63) is 16.5 Å². The molecule has 2 rings (SSSR count). The van der Waals surface area contributed by atoms with E-state index in [0.29, 0.717) is 11.2 Å². The van der Waals surface area contributed by atoms with E-state index >= 15 is 0 Å². The van der Waals surface area contributed by atoms with Crippen LogP contribution in [0.25, 0.3) is 0 Å². The van der Waals surface area contributed by atoms with Gasteiger partial charge in [-0.3, -0.25) is 4.90 Å². The van der Waals surface area contributed by atoms with E-state index < -0.39 is 0 Å². The number of likely N-dealkylation sites (N-methyl/N-ethyl adjacent to an activating group) is 1. The SMILES string of the molecule is CCC1CN(c2nc(C(C)(C)C)nc(Cl)c2C)CCN1C. The number of hydrogen-bond donors (Lipinski definition) is 0. The highest BCUT2D eigenvalue weighted by atomic mass is 35.5. The number of hydrogen-bond acceptors (Lipinski definition) is 4. The Hall–Kier alpha value is -0.870. The fourth-order valence-electron chi connectivity index (χ4n) is 2.70. The number of rotatable bonds is 2. The van der Waals surface area contributed by atoms with Crippen LogP contribution in [0.5, 0.6) is 0 Å². The predicted molar refractivity (Wildman–Crippen MR) is 89.4 cm³/mol. The number of aromatic nitrogens is 2. The smallest absolute Gasteiger partial charge is 0.137 e. The van der Waals surface area contributed by atoms with Gasteiger partial charge in [-0.05, 0) is 20.4 Å². The summed E-state index contributed by atoms with van der Waals surface area (Å²) in [5, 5.41) is 0.580. The van der Waals surface area contributed by atoms with Gasteiger partial charge in [0.15, 0.2) is 0 Å². The summed E-state index contributed by atoms with van der Waals surface area (Å²) in [6.45, 7) is 13.7. The topological polar surface area (TPSA) is 32.3 Å². The van der Waals surface area contributed by atoms with E-state index in [9.17, 15) is 0 Å². The predicted octanol–water partition coefficient (Wildman–Crippen LogP) is 3.27. The summed E-state index contributed by atoms with van der Waals surface area (Å²) in [5.41, 5.74) is 0.895. The largest absolute Gasteiger partial charge is 0.353 e. The van der Waals surface area contributed by atoms with E-state index in [0.717, 1.165) is 43.3 Å². The third kappa shape index (κ3) is 3.49. The molecule has 1 aromatic heterocycles. The van der Waals surface area contributed by atoms with Crippen molar-refractivity contribution >= 4 is 17.4 Å². The molecule has 1 fully saturated rings. The Kier molecular flexibility index (Phi) is 4.79. The molecular formula is C16H27ClN4. The van der Waals surface area contributed by atoms with Crippen LogP contribution in [0.1, 0.15) is 45.5 Å². The quantitative estimate of drug-likeness (QED) is 0.785. The average Bonchev–Trinajstić information content (AvgIpc) is 2.41. The molecule has 0 radical (unpaired) electrons. The molecule has 5 heteroatoms. The second kappa shape index (κ2) is 6.09. The van der Waals surface area contributed by atoms with Crippen LogP contribution >= 0.6 is 11.6 Å². The molecular weight excluding hydrogens is 284 g/mol. The number of nitrogens with zero attached hydrogens (tertiary/aromatic N) is 4. The summed E-state index contributed by atoms with van der Waals surface area (Å²) >= 11 is 6.35. The van der Waals surface area contributed by atoms with Crippen molar-refractivity contribution in [2.24, 2.45) is 0 Å². The van der Waals surface area contributed by atoms with Gasteiger partial charge in [-0.25, -0.2) is 9.97 Å². The first kappa shape index (κ1) is 16.5. The third-order valence-corrected chi connectivity index (χ3v) is 4.65. The van der Waals surface area contributed by atoms with Gasteiger partial charge < -0.3 is 4.90 Å². The van der Waals surface area contributed by atoms with E-state index in [1.54, 1.807) is 0 Å². The van der Waals surface area contributed by atoms with E-state index in [4.69, 9.17) is 16.6 Å². The van der Waals surface area contributed by atoms with E-state index in [2.05, 4.69) is 49.5 Å². The summed E-state index contributed by atoms with van der Waals surface area (Å²) in [4.78, 5) is 14.1. The molecule has 0 amide bonds. The normalized spacial score (nSPS) is 20.9. The monoisotopic (exact) mass is 310 g/mol. The van der Waals surface area contributed by atoms with E-state index in [1.807, 2.05) is 6.92 Å². The molecule has 2 heterocycles. The Morgan fingerprint density at radius 1 is 1.24 bits per heavy atom. The van der Waals surface area contributed by atoms with Gasteiger partial charge in [-0.1, -0.05) is 39.3 Å². The third-order valence-electron chi connectivity index (χ3n) is 4.28. The maximum absolute atomic E-state index is 6.35. The summed E-state index contributed by atoms with van der Waals surface area (Å²) in [7, 11) is 2.20. The van der Waals surface area contributed by atoms with Crippen molar-refractivity contribution in [3.63, 3.8) is 0 Å². The van der Waals surface area contributed by atoms with Gasteiger partial charge in [0.25, 0.3) is 0 Å². The second-order valence-electron chi connectivity index (χ2n) is 7.03. The summed E-state index contributed by atoms with van der Waals surface area (Å²) in [6.07, 6.45) is 1.15. The van der Waals surface area contributed by atoms with Gasteiger partial charge in [-0.15, -0.1) is 0 Å². The van der Waals surface area contributed by atoms with Crippen LogP contribution in [-0.2, 0) is 5.41 Å². The molecule has 0 N–H and O–H groups in total. The molecule has 1 saturated heterocycles. The van der Waals surface area contributed by atoms with Gasteiger partial charge in [0.1, 0.15) is 16.8 Å². The molecule has 1 aliphatic heterocycles.